The SMILES string of the molecule is CC(=O)n1cc([C@@H](N2CCNCC2)C(C)(C)C)c2ccccc21. The Bertz CT molecular complexity index is 705. The summed E-state index contributed by atoms with van der Waals surface area (Å²) in [5.41, 5.74) is 2.38. The fourth-order valence-corrected chi connectivity index (χ4v) is 3.84. The van der Waals surface area contributed by atoms with Gasteiger partial charge in [-0.3, -0.25) is 14.3 Å². The molecule has 0 bridgehead atoms. The smallest absolute Gasteiger partial charge is 0.227 e. The summed E-state index contributed by atoms with van der Waals surface area (Å²) >= 11 is 0. The van der Waals surface area contributed by atoms with E-state index in [9.17, 15) is 4.79 Å². The number of hydrogen-bond acceptors (Lipinski definition) is 3. The normalized spacial score (nSPS) is 18.3. The number of carbonyl (C=O) groups is 1. The van der Waals surface area contributed by atoms with Crippen molar-refractivity contribution >= 4 is 16.8 Å². The Labute approximate surface area is 138 Å². The van der Waals surface area contributed by atoms with Crippen LogP contribution >= 0.6 is 0 Å². The fourth-order valence-electron chi connectivity index (χ4n) is 3.84. The molecule has 3 rings (SSSR count). The van der Waals surface area contributed by atoms with E-state index < -0.39 is 0 Å². The van der Waals surface area contributed by atoms with Crippen LogP contribution in [0.2, 0.25) is 0 Å². The van der Waals surface area contributed by atoms with Crippen LogP contribution in [-0.2, 0) is 0 Å². The van der Waals surface area contributed by atoms with Crippen molar-refractivity contribution in [1.82, 2.24) is 14.8 Å². The van der Waals surface area contributed by atoms with Crippen LogP contribution in [-0.4, -0.2) is 41.6 Å². The van der Waals surface area contributed by atoms with E-state index in [-0.39, 0.29) is 11.3 Å². The molecule has 1 aliphatic heterocycles. The summed E-state index contributed by atoms with van der Waals surface area (Å²) in [6.45, 7) is 12.6. The minimum atomic E-state index is 0.0698. The molecule has 1 fully saturated rings. The van der Waals surface area contributed by atoms with Crippen LogP contribution in [0, 0.1) is 5.41 Å². The summed E-state index contributed by atoms with van der Waals surface area (Å²) in [6, 6.07) is 8.55. The largest absolute Gasteiger partial charge is 0.314 e. The van der Waals surface area contributed by atoms with Crippen LogP contribution in [0.3, 0.4) is 0 Å². The highest BCUT2D eigenvalue weighted by molar-refractivity contribution is 5.93. The lowest BCUT2D eigenvalue weighted by Gasteiger charge is -2.42. The average molecular weight is 313 g/mol. The molecular weight excluding hydrogens is 286 g/mol. The second-order valence-electron chi connectivity index (χ2n) is 7.55. The number of aromatic nitrogens is 1. The third kappa shape index (κ3) is 3.06. The third-order valence-electron chi connectivity index (χ3n) is 4.71. The van der Waals surface area contributed by atoms with E-state index in [0.29, 0.717) is 6.04 Å². The minimum absolute atomic E-state index is 0.0698. The van der Waals surface area contributed by atoms with Crippen LogP contribution in [0.1, 0.15) is 44.1 Å². The van der Waals surface area contributed by atoms with Gasteiger partial charge in [-0.15, -0.1) is 0 Å². The first-order chi connectivity index (χ1) is 10.9. The van der Waals surface area contributed by atoms with Gasteiger partial charge in [-0.25, -0.2) is 0 Å². The van der Waals surface area contributed by atoms with E-state index in [1.807, 2.05) is 12.1 Å². The van der Waals surface area contributed by atoms with Gasteiger partial charge in [0.25, 0.3) is 0 Å². The number of hydrogen-bond donors (Lipinski definition) is 1. The maximum absolute atomic E-state index is 12.1. The maximum Gasteiger partial charge on any atom is 0.227 e. The number of nitrogens with one attached hydrogen (secondary N) is 1. The van der Waals surface area contributed by atoms with Gasteiger partial charge in [-0.2, -0.15) is 0 Å². The van der Waals surface area contributed by atoms with Crippen LogP contribution in [0.4, 0.5) is 0 Å². The number of rotatable bonds is 2. The molecule has 1 atom stereocenters. The van der Waals surface area contributed by atoms with Gasteiger partial charge in [0.15, 0.2) is 0 Å². The van der Waals surface area contributed by atoms with Gasteiger partial charge in [0.05, 0.1) is 5.52 Å². The van der Waals surface area contributed by atoms with E-state index in [1.54, 1.807) is 11.5 Å². The minimum Gasteiger partial charge on any atom is -0.314 e. The lowest BCUT2D eigenvalue weighted by Crippen LogP contribution is -2.48. The van der Waals surface area contributed by atoms with E-state index >= 15 is 0 Å². The fraction of sp³-hybridized carbons (Fsp3) is 0.526. The van der Waals surface area contributed by atoms with Crippen molar-refractivity contribution in [2.24, 2.45) is 5.41 Å². The summed E-state index contributed by atoms with van der Waals surface area (Å²) in [5, 5.41) is 4.63. The summed E-state index contributed by atoms with van der Waals surface area (Å²) in [4.78, 5) is 14.6. The highest BCUT2D eigenvalue weighted by Gasteiger charge is 2.34. The van der Waals surface area contributed by atoms with Gasteiger partial charge >= 0.3 is 0 Å². The van der Waals surface area contributed by atoms with Crippen molar-refractivity contribution in [3.8, 4) is 0 Å². The van der Waals surface area contributed by atoms with Gasteiger partial charge < -0.3 is 5.32 Å². The molecule has 1 aromatic carbocycles. The molecule has 1 aromatic heterocycles. The van der Waals surface area contributed by atoms with E-state index in [1.165, 1.54) is 10.9 Å². The summed E-state index contributed by atoms with van der Waals surface area (Å²) in [6.07, 6.45) is 2.06. The topological polar surface area (TPSA) is 37.3 Å². The molecule has 0 unspecified atom stereocenters. The Morgan fingerprint density at radius 2 is 1.83 bits per heavy atom. The zero-order valence-electron chi connectivity index (χ0n) is 14.6. The standard InChI is InChI=1S/C19H27N3O/c1-14(23)22-13-16(15-7-5-6-8-17(15)22)18(19(2,3)4)21-11-9-20-10-12-21/h5-8,13,18,20H,9-12H2,1-4H3/t18-/m1/s1. The molecule has 4 nitrogen and oxygen atoms in total. The van der Waals surface area contributed by atoms with Crippen molar-refractivity contribution < 1.29 is 4.79 Å². The molecule has 4 heteroatoms. The highest BCUT2D eigenvalue weighted by atomic mass is 16.1. The number of benzene rings is 1. The van der Waals surface area contributed by atoms with Gasteiger partial charge in [0.1, 0.15) is 0 Å². The first-order valence-electron chi connectivity index (χ1n) is 8.45. The lowest BCUT2D eigenvalue weighted by molar-refractivity contribution is 0.0862. The van der Waals surface area contributed by atoms with Crippen molar-refractivity contribution in [3.05, 3.63) is 36.0 Å². The molecule has 2 heterocycles. The van der Waals surface area contributed by atoms with E-state index in [2.05, 4.69) is 49.3 Å². The van der Waals surface area contributed by atoms with Crippen LogP contribution in [0.25, 0.3) is 10.9 Å². The van der Waals surface area contributed by atoms with Crippen molar-refractivity contribution in [1.29, 1.82) is 0 Å². The van der Waals surface area contributed by atoms with E-state index in [4.69, 9.17) is 0 Å². The van der Waals surface area contributed by atoms with Gasteiger partial charge in [0.2, 0.25) is 5.91 Å². The molecule has 0 saturated carbocycles. The molecule has 23 heavy (non-hydrogen) atoms. The Kier molecular flexibility index (Phi) is 4.30. The zero-order chi connectivity index (χ0) is 16.6. The first kappa shape index (κ1) is 16.2. The molecular formula is C19H27N3O. The van der Waals surface area contributed by atoms with Crippen LogP contribution in [0.5, 0.6) is 0 Å². The lowest BCUT2D eigenvalue weighted by atomic mass is 9.81. The molecule has 1 aliphatic rings. The van der Waals surface area contributed by atoms with Crippen molar-refractivity contribution in [3.63, 3.8) is 0 Å². The quantitative estimate of drug-likeness (QED) is 0.924. The number of nitrogens with zero attached hydrogens (tertiary/aromatic N) is 2. The Morgan fingerprint density at radius 1 is 1.17 bits per heavy atom. The molecule has 0 spiro atoms. The molecule has 0 aliphatic carbocycles. The Balaban J connectivity index is 2.16. The van der Waals surface area contributed by atoms with Gasteiger partial charge in [-0.05, 0) is 17.0 Å². The molecule has 0 radical (unpaired) electrons. The molecule has 0 amide bonds. The van der Waals surface area contributed by atoms with E-state index in [0.717, 1.165) is 31.7 Å². The third-order valence-corrected chi connectivity index (χ3v) is 4.71. The number of carbonyl (C=O) groups excluding carboxylic acids is 1. The van der Waals surface area contributed by atoms with Crippen molar-refractivity contribution in [2.45, 2.75) is 33.7 Å². The highest BCUT2D eigenvalue weighted by Crippen LogP contribution is 2.41. The summed E-state index contributed by atoms with van der Waals surface area (Å²) in [5.74, 6) is 0.0698. The second kappa shape index (κ2) is 6.10. The number of para-hydroxylation sites is 1. The summed E-state index contributed by atoms with van der Waals surface area (Å²) < 4.78 is 1.80. The predicted octanol–water partition coefficient (Wildman–Crippen LogP) is 3.29. The first-order valence-corrected chi connectivity index (χ1v) is 8.45. The molecule has 1 N–H and O–H groups in total. The average Bonchev–Trinajstić information content (AvgIpc) is 2.87. The number of fused-ring (bicyclic) bond motifs is 1. The summed E-state index contributed by atoms with van der Waals surface area (Å²) in [7, 11) is 0. The van der Waals surface area contributed by atoms with Gasteiger partial charge in [0, 0.05) is 50.7 Å². The monoisotopic (exact) mass is 313 g/mol. The molecule has 124 valence electrons. The van der Waals surface area contributed by atoms with Crippen molar-refractivity contribution in [2.75, 3.05) is 26.2 Å². The molecule has 1 saturated heterocycles. The Hall–Kier alpha value is -1.65. The zero-order valence-corrected chi connectivity index (χ0v) is 14.6. The molecule has 2 aromatic rings. The number of piperazine rings is 1. The predicted molar refractivity (Wildman–Crippen MR) is 94.9 cm³/mol. The van der Waals surface area contributed by atoms with Gasteiger partial charge in [-0.1, -0.05) is 39.0 Å². The van der Waals surface area contributed by atoms with Crippen LogP contribution in [0.15, 0.2) is 30.5 Å². The Morgan fingerprint density at radius 3 is 2.43 bits per heavy atom. The maximum atomic E-state index is 12.1. The van der Waals surface area contributed by atoms with Crippen LogP contribution < -0.4 is 5.32 Å². The second-order valence-corrected chi connectivity index (χ2v) is 7.55.